The number of carboxylic acid groups (broad SMARTS) is 2. The van der Waals surface area contributed by atoms with E-state index in [4.69, 9.17) is 8.83 Å². The zero-order valence-corrected chi connectivity index (χ0v) is 54.0. The van der Waals surface area contributed by atoms with Crippen molar-refractivity contribution in [3.05, 3.63) is 240 Å². The zero-order valence-electron chi connectivity index (χ0n) is 54.0. The summed E-state index contributed by atoms with van der Waals surface area (Å²) in [7, 11) is 2.07. The first-order valence-corrected chi connectivity index (χ1v) is 32.0. The molecule has 14 heteroatoms. The smallest absolute Gasteiger partial charge is 0.336 e. The fourth-order valence-corrected chi connectivity index (χ4v) is 12.1. The maximum Gasteiger partial charge on any atom is 0.336 e. The third kappa shape index (κ3) is 14.1. The van der Waals surface area contributed by atoms with Gasteiger partial charge < -0.3 is 54.1 Å². The first kappa shape index (κ1) is 63.4. The number of carboxylic acids is 2. The summed E-state index contributed by atoms with van der Waals surface area (Å²) in [5.41, 5.74) is 16.4. The van der Waals surface area contributed by atoms with Gasteiger partial charge in [0.2, 0.25) is 22.1 Å². The molecule has 14 nitrogen and oxygen atoms in total. The van der Waals surface area contributed by atoms with Crippen molar-refractivity contribution in [1.82, 2.24) is 0 Å². The second kappa shape index (κ2) is 28.8. The van der Waals surface area contributed by atoms with Crippen LogP contribution in [0.1, 0.15) is 69.2 Å². The molecule has 0 aromatic heterocycles. The summed E-state index contributed by atoms with van der Waals surface area (Å²) in [5.74, 6) is -0.915. The average molecular weight is 1240 g/mol. The van der Waals surface area contributed by atoms with Gasteiger partial charge in [0, 0.05) is 185 Å². The monoisotopic (exact) mass is 1240 g/mol. The van der Waals surface area contributed by atoms with Crippen LogP contribution in [-0.4, -0.2) is 69.9 Å². The van der Waals surface area contributed by atoms with Gasteiger partial charge in [-0.3, -0.25) is 0 Å². The highest BCUT2D eigenvalue weighted by Gasteiger charge is 2.24. The van der Waals surface area contributed by atoms with Crippen LogP contribution < -0.4 is 56.0 Å². The Morgan fingerprint density at radius 2 is 0.774 bits per heavy atom. The minimum atomic E-state index is -1.22. The van der Waals surface area contributed by atoms with E-state index in [0.29, 0.717) is 33.8 Å². The average Bonchev–Trinajstić information content (AvgIpc) is 0.768. The van der Waals surface area contributed by atoms with Crippen molar-refractivity contribution in [3.63, 3.8) is 0 Å². The van der Waals surface area contributed by atoms with Gasteiger partial charge in [0.1, 0.15) is 22.7 Å². The Balaban J connectivity index is 0.000000190. The molecule has 4 aliphatic rings. The molecule has 8 aromatic carbocycles. The van der Waals surface area contributed by atoms with Crippen LogP contribution >= 0.6 is 0 Å². The Hall–Kier alpha value is -11.1. The number of nitrogens with one attached hydrogen (secondary N) is 4. The van der Waals surface area contributed by atoms with E-state index >= 15 is 0 Å². The van der Waals surface area contributed by atoms with Crippen molar-refractivity contribution in [2.24, 2.45) is 0 Å². The molecule has 93 heavy (non-hydrogen) atoms. The summed E-state index contributed by atoms with van der Waals surface area (Å²) in [6.45, 7) is 21.7. The number of benzene rings is 10. The van der Waals surface area contributed by atoms with Crippen molar-refractivity contribution >= 4 is 90.8 Å². The van der Waals surface area contributed by atoms with E-state index < -0.39 is 11.9 Å². The molecule has 0 saturated heterocycles. The van der Waals surface area contributed by atoms with Gasteiger partial charge in [0.25, 0.3) is 0 Å². The Bertz CT molecular complexity index is 4660. The van der Waals surface area contributed by atoms with Gasteiger partial charge in [-0.05, 0) is 175 Å². The highest BCUT2D eigenvalue weighted by molar-refractivity contribution is 6.09. The molecule has 0 unspecified atom stereocenters. The molecule has 2 heterocycles. The van der Waals surface area contributed by atoms with Crippen LogP contribution in [0, 0.1) is 0 Å². The first-order chi connectivity index (χ1) is 45.3. The van der Waals surface area contributed by atoms with Gasteiger partial charge in [-0.25, -0.2) is 14.8 Å². The van der Waals surface area contributed by atoms with E-state index in [1.807, 2.05) is 97.1 Å². The van der Waals surface area contributed by atoms with Crippen LogP contribution in [0.5, 0.6) is 0 Å². The molecule has 12 rings (SSSR count). The number of rotatable bonds is 21. The number of anilines is 8. The summed E-state index contributed by atoms with van der Waals surface area (Å²) < 4.78 is 13.1. The predicted octanol–water partition coefficient (Wildman–Crippen LogP) is 13.6. The molecule has 0 saturated carbocycles. The summed E-state index contributed by atoms with van der Waals surface area (Å²) in [6, 6.07) is 71.4. The molecular formula is C79H79N8O6+. The number of hydrogen-bond donors (Lipinski definition) is 5. The normalized spacial score (nSPS) is 11.6. The van der Waals surface area contributed by atoms with Gasteiger partial charge >= 0.3 is 5.97 Å². The Morgan fingerprint density at radius 3 is 1.16 bits per heavy atom. The quantitative estimate of drug-likeness (QED) is 0.0433. The van der Waals surface area contributed by atoms with Crippen LogP contribution in [0.25, 0.3) is 66.8 Å². The van der Waals surface area contributed by atoms with Crippen molar-refractivity contribution in [1.29, 1.82) is 0 Å². The summed E-state index contributed by atoms with van der Waals surface area (Å²) in [6.07, 6.45) is 0. The third-order valence-electron chi connectivity index (χ3n) is 17.2. The molecule has 0 atom stereocenters. The van der Waals surface area contributed by atoms with E-state index in [1.165, 1.54) is 17.1 Å². The second-order valence-corrected chi connectivity index (χ2v) is 22.7. The zero-order chi connectivity index (χ0) is 65.1. The Kier molecular flexibility index (Phi) is 19.6. The lowest BCUT2D eigenvalue weighted by Crippen LogP contribution is -2.70. The van der Waals surface area contributed by atoms with E-state index in [0.717, 1.165) is 129 Å². The maximum atomic E-state index is 12.3. The lowest BCUT2D eigenvalue weighted by molar-refractivity contribution is -0.402. The Labute approximate surface area is 543 Å². The topological polar surface area (TPSA) is 169 Å². The molecular weight excluding hydrogens is 1160 g/mol. The molecule has 0 amide bonds. The third-order valence-corrected chi connectivity index (χ3v) is 17.2. The number of fused-ring (bicyclic) bond motifs is 4. The van der Waals surface area contributed by atoms with Gasteiger partial charge in [-0.1, -0.05) is 42.5 Å². The van der Waals surface area contributed by atoms with Crippen LogP contribution in [0.15, 0.2) is 227 Å². The van der Waals surface area contributed by atoms with E-state index in [2.05, 4.69) is 193 Å². The van der Waals surface area contributed by atoms with Crippen LogP contribution in [0.4, 0.5) is 56.9 Å². The second-order valence-electron chi connectivity index (χ2n) is 22.7. The molecule has 0 bridgehead atoms. The van der Waals surface area contributed by atoms with Crippen LogP contribution in [-0.2, 0) is 0 Å². The van der Waals surface area contributed by atoms with Crippen LogP contribution in [0.3, 0.4) is 0 Å². The highest BCUT2D eigenvalue weighted by Crippen LogP contribution is 2.44. The van der Waals surface area contributed by atoms with Gasteiger partial charge in [0.05, 0.1) is 23.7 Å². The van der Waals surface area contributed by atoms with Crippen molar-refractivity contribution < 1.29 is 38.6 Å². The van der Waals surface area contributed by atoms with Crippen molar-refractivity contribution in [2.45, 2.75) is 48.5 Å². The minimum absolute atomic E-state index is 0.131. The maximum absolute atomic E-state index is 12.3. The molecule has 2 aliphatic heterocycles. The van der Waals surface area contributed by atoms with E-state index in [1.54, 1.807) is 24.3 Å². The van der Waals surface area contributed by atoms with Gasteiger partial charge in [0.15, 0.2) is 0 Å². The highest BCUT2D eigenvalue weighted by atomic mass is 16.4. The van der Waals surface area contributed by atoms with E-state index in [9.17, 15) is 19.8 Å². The molecule has 5 N–H and O–H groups in total. The number of aromatic carboxylic acids is 2. The SMILES string of the molecule is CCN(C)c1ccc([NH+]=c2ccc3c(-c4ccccc4C(=O)[O-])c4ccc(Nc5ccc(N(CC)CC)cc5)cc4oc-3c2)cc1.CCN(CC)c1ccc(Nc2ccc3c(-c4ccccc4C(=O)O)c4ccc(=[NH+]c5ccc(N(CC)CC)cc5)cc-4oc3c2)cc1. The van der Waals surface area contributed by atoms with Crippen molar-refractivity contribution in [3.8, 4) is 44.9 Å². The summed E-state index contributed by atoms with van der Waals surface area (Å²) >= 11 is 0. The van der Waals surface area contributed by atoms with Gasteiger partial charge in [-0.15, -0.1) is 0 Å². The lowest BCUT2D eigenvalue weighted by atomic mass is 9.90. The van der Waals surface area contributed by atoms with Crippen molar-refractivity contribution in [2.75, 3.05) is 83.1 Å². The standard InChI is InChI=1S/C40H40N4O3.C39H38N4O3/c1-5-43(6-2)31-19-13-27(14-20-31)41-29-17-23-35-37(25-29)47-38-26-30(42-28-15-21-32(22-16-28)44(7-3)8-4)18-24-36(38)39(35)33-11-9-10-12-34(33)40(45)46;1-5-42(4)30-18-12-26(13-19-30)40-28-16-22-34-36(24-28)46-37-25-29(41-27-14-20-31(21-15-27)43(6-2)7-3)17-23-35(37)38(34)32-10-8-9-11-33(32)39(44)45/h9-26,41H,5-8H2,1-4H3,(H,45,46);8-25,41H,5-7H2,1-4H3,(H,44,45)/p+1. The lowest BCUT2D eigenvalue weighted by Gasteiger charge is -2.21. The predicted molar refractivity (Wildman–Crippen MR) is 377 cm³/mol. The van der Waals surface area contributed by atoms with E-state index in [-0.39, 0.29) is 11.1 Å². The number of nitrogens with zero attached hydrogens (tertiary/aromatic N) is 4. The van der Waals surface area contributed by atoms with Crippen LogP contribution in [0.2, 0.25) is 0 Å². The molecule has 2 aliphatic carbocycles. The molecule has 470 valence electrons. The first-order valence-electron chi connectivity index (χ1n) is 32.0. The minimum Gasteiger partial charge on any atom is -0.545 e. The van der Waals surface area contributed by atoms with Gasteiger partial charge in [-0.2, -0.15) is 0 Å². The number of hydrogen-bond acceptors (Lipinski definition) is 11. The number of carbonyl (C=O) groups excluding carboxylic acids is 1. The fourth-order valence-electron chi connectivity index (χ4n) is 12.1. The molecule has 0 fully saturated rings. The summed E-state index contributed by atoms with van der Waals surface area (Å²) in [4.78, 5) is 40.7. The Morgan fingerprint density at radius 1 is 0.409 bits per heavy atom. The fraction of sp³-hybridized carbons (Fsp3) is 0.190. The largest absolute Gasteiger partial charge is 0.545 e. The molecule has 0 spiro atoms. The molecule has 0 radical (unpaired) electrons. The molecule has 8 aromatic rings. The number of carbonyl (C=O) groups is 2. The summed E-state index contributed by atoms with van der Waals surface area (Å²) in [5, 5.41) is 32.7.